The zero-order valence-electron chi connectivity index (χ0n) is 14.0. The first-order valence-electron chi connectivity index (χ1n) is 8.07. The van der Waals surface area contributed by atoms with Crippen LogP contribution >= 0.6 is 0 Å². The van der Waals surface area contributed by atoms with Crippen molar-refractivity contribution in [2.24, 2.45) is 0 Å². The summed E-state index contributed by atoms with van der Waals surface area (Å²) in [6.07, 6.45) is 2.30. The average Bonchev–Trinajstić information content (AvgIpc) is 3.12. The Bertz CT molecular complexity index is 535. The van der Waals surface area contributed by atoms with E-state index in [9.17, 15) is 4.79 Å². The highest BCUT2D eigenvalue weighted by atomic mass is 16.5. The van der Waals surface area contributed by atoms with Gasteiger partial charge in [-0.05, 0) is 26.7 Å². The summed E-state index contributed by atoms with van der Waals surface area (Å²) in [6.45, 7) is 7.57. The molecule has 0 aromatic carbocycles. The Hall–Kier alpha value is -1.40. The highest BCUT2D eigenvalue weighted by Crippen LogP contribution is 2.33. The zero-order valence-corrected chi connectivity index (χ0v) is 14.0. The molecule has 2 saturated heterocycles. The molecule has 22 heavy (non-hydrogen) atoms. The molecule has 0 saturated carbocycles. The molecule has 2 aliphatic heterocycles. The third kappa shape index (κ3) is 2.77. The van der Waals surface area contributed by atoms with E-state index in [1.54, 1.807) is 4.90 Å². The van der Waals surface area contributed by atoms with Gasteiger partial charge in [0.05, 0.1) is 12.2 Å². The molecule has 2 fully saturated rings. The highest BCUT2D eigenvalue weighted by Gasteiger charge is 2.43. The number of carbonyl (C=O) groups is 1. The molecule has 0 N–H and O–H groups in total. The molecule has 6 heteroatoms. The van der Waals surface area contributed by atoms with E-state index in [0.29, 0.717) is 18.6 Å². The molecule has 6 nitrogen and oxygen atoms in total. The normalized spacial score (nSPS) is 25.6. The summed E-state index contributed by atoms with van der Waals surface area (Å²) in [5.74, 6) is 1.13. The van der Waals surface area contributed by atoms with Gasteiger partial charge in [-0.1, -0.05) is 5.16 Å². The second-order valence-electron chi connectivity index (χ2n) is 6.74. The number of likely N-dealkylation sites (tertiary alicyclic amines) is 2. The Labute approximate surface area is 132 Å². The van der Waals surface area contributed by atoms with Gasteiger partial charge in [-0.3, -0.25) is 14.6 Å². The van der Waals surface area contributed by atoms with Crippen LogP contribution in [0.15, 0.2) is 4.52 Å². The van der Waals surface area contributed by atoms with Gasteiger partial charge in [0.25, 0.3) is 0 Å². The lowest BCUT2D eigenvalue weighted by atomic mass is 10.1. The quantitative estimate of drug-likeness (QED) is 0.831. The van der Waals surface area contributed by atoms with E-state index in [2.05, 4.69) is 15.0 Å². The maximum Gasteiger partial charge on any atom is 0.236 e. The van der Waals surface area contributed by atoms with Gasteiger partial charge in [-0.15, -0.1) is 0 Å². The minimum atomic E-state index is 0.199. The van der Waals surface area contributed by atoms with Gasteiger partial charge in [-0.25, -0.2) is 0 Å². The molecule has 0 spiro atoms. The van der Waals surface area contributed by atoms with Gasteiger partial charge < -0.3 is 9.42 Å². The van der Waals surface area contributed by atoms with Crippen molar-refractivity contribution in [1.82, 2.24) is 19.9 Å². The standard InChI is InChI=1S/C16H26N4O2/c1-11-13(12(2)22-17-11)9-19-7-5-15-14(19)6-8-20(15)10-16(21)18(3)4/h14-15H,5-10H2,1-4H3/t14-,15-/m0/s1. The highest BCUT2D eigenvalue weighted by molar-refractivity contribution is 5.77. The molecule has 0 bridgehead atoms. The Morgan fingerprint density at radius 2 is 1.86 bits per heavy atom. The Balaban J connectivity index is 1.64. The van der Waals surface area contributed by atoms with E-state index in [0.717, 1.165) is 43.9 Å². The minimum absolute atomic E-state index is 0.199. The number of fused-ring (bicyclic) bond motifs is 1. The molecular weight excluding hydrogens is 280 g/mol. The monoisotopic (exact) mass is 306 g/mol. The van der Waals surface area contributed by atoms with Crippen LogP contribution in [0, 0.1) is 13.8 Å². The van der Waals surface area contributed by atoms with Crippen molar-refractivity contribution in [3.63, 3.8) is 0 Å². The van der Waals surface area contributed by atoms with Crippen LogP contribution in [0.4, 0.5) is 0 Å². The molecular formula is C16H26N4O2. The first-order chi connectivity index (χ1) is 10.5. The number of carbonyl (C=O) groups excluding carboxylic acids is 1. The SMILES string of the molecule is Cc1noc(C)c1CN1CC[C@H]2[C@@H]1CCN2CC(=O)N(C)C. The first kappa shape index (κ1) is 15.5. The number of hydrogen-bond acceptors (Lipinski definition) is 5. The first-order valence-corrected chi connectivity index (χ1v) is 8.07. The lowest BCUT2D eigenvalue weighted by Gasteiger charge is -2.26. The maximum atomic E-state index is 12.0. The molecule has 0 unspecified atom stereocenters. The lowest BCUT2D eigenvalue weighted by Crippen LogP contribution is -2.41. The van der Waals surface area contributed by atoms with E-state index in [1.165, 1.54) is 5.56 Å². The molecule has 1 aromatic heterocycles. The molecule has 2 atom stereocenters. The summed E-state index contributed by atoms with van der Waals surface area (Å²) in [5.41, 5.74) is 2.22. The molecule has 0 radical (unpaired) electrons. The summed E-state index contributed by atoms with van der Waals surface area (Å²) < 4.78 is 5.28. The van der Waals surface area contributed by atoms with Gasteiger partial charge in [0.15, 0.2) is 0 Å². The van der Waals surface area contributed by atoms with Crippen LogP contribution in [0.25, 0.3) is 0 Å². The van der Waals surface area contributed by atoms with Crippen LogP contribution in [0.2, 0.25) is 0 Å². The molecule has 3 rings (SSSR count). The van der Waals surface area contributed by atoms with Crippen LogP contribution in [-0.2, 0) is 11.3 Å². The fourth-order valence-corrected chi connectivity index (χ4v) is 3.80. The number of aryl methyl sites for hydroxylation is 2. The van der Waals surface area contributed by atoms with Crippen molar-refractivity contribution in [2.75, 3.05) is 33.7 Å². The van der Waals surface area contributed by atoms with E-state index >= 15 is 0 Å². The van der Waals surface area contributed by atoms with Crippen molar-refractivity contribution in [2.45, 2.75) is 45.3 Å². The third-order valence-electron chi connectivity index (χ3n) is 5.19. The summed E-state index contributed by atoms with van der Waals surface area (Å²) in [7, 11) is 3.66. The number of amides is 1. The van der Waals surface area contributed by atoms with Crippen LogP contribution in [0.3, 0.4) is 0 Å². The maximum absolute atomic E-state index is 12.0. The van der Waals surface area contributed by atoms with Crippen molar-refractivity contribution in [3.8, 4) is 0 Å². The van der Waals surface area contributed by atoms with Crippen molar-refractivity contribution in [3.05, 3.63) is 17.0 Å². The van der Waals surface area contributed by atoms with Crippen molar-refractivity contribution >= 4 is 5.91 Å². The van der Waals surface area contributed by atoms with Gasteiger partial charge in [-0.2, -0.15) is 0 Å². The summed E-state index contributed by atoms with van der Waals surface area (Å²) >= 11 is 0. The van der Waals surface area contributed by atoms with Crippen molar-refractivity contribution < 1.29 is 9.32 Å². The molecule has 2 aliphatic rings. The number of nitrogens with zero attached hydrogens (tertiary/aromatic N) is 4. The minimum Gasteiger partial charge on any atom is -0.361 e. The zero-order chi connectivity index (χ0) is 15.9. The van der Waals surface area contributed by atoms with Crippen LogP contribution in [0.5, 0.6) is 0 Å². The molecule has 1 amide bonds. The number of hydrogen-bond donors (Lipinski definition) is 0. The van der Waals surface area contributed by atoms with Gasteiger partial charge >= 0.3 is 0 Å². The van der Waals surface area contributed by atoms with E-state index in [4.69, 9.17) is 4.52 Å². The predicted octanol–water partition coefficient (Wildman–Crippen LogP) is 1.03. The summed E-state index contributed by atoms with van der Waals surface area (Å²) in [6, 6.07) is 1.08. The lowest BCUT2D eigenvalue weighted by molar-refractivity contribution is -0.130. The number of likely N-dealkylation sites (N-methyl/N-ethyl adjacent to an activating group) is 1. The van der Waals surface area contributed by atoms with E-state index in [-0.39, 0.29) is 5.91 Å². The summed E-state index contributed by atoms with van der Waals surface area (Å²) in [4.78, 5) is 18.5. The number of rotatable bonds is 4. The molecule has 1 aromatic rings. The predicted molar refractivity (Wildman–Crippen MR) is 83.5 cm³/mol. The fourth-order valence-electron chi connectivity index (χ4n) is 3.80. The van der Waals surface area contributed by atoms with Crippen LogP contribution in [0.1, 0.15) is 29.9 Å². The number of aromatic nitrogens is 1. The van der Waals surface area contributed by atoms with E-state index in [1.807, 2.05) is 27.9 Å². The molecule has 0 aliphatic carbocycles. The second kappa shape index (κ2) is 6.01. The largest absolute Gasteiger partial charge is 0.361 e. The van der Waals surface area contributed by atoms with E-state index < -0.39 is 0 Å². The van der Waals surface area contributed by atoms with Crippen LogP contribution < -0.4 is 0 Å². The van der Waals surface area contributed by atoms with Crippen LogP contribution in [-0.4, -0.2) is 71.6 Å². The Kier molecular flexibility index (Phi) is 4.23. The second-order valence-corrected chi connectivity index (χ2v) is 6.74. The van der Waals surface area contributed by atoms with Gasteiger partial charge in [0, 0.05) is 51.4 Å². The topological polar surface area (TPSA) is 52.8 Å². The smallest absolute Gasteiger partial charge is 0.236 e. The average molecular weight is 306 g/mol. The Morgan fingerprint density at radius 3 is 2.45 bits per heavy atom. The van der Waals surface area contributed by atoms with Crippen molar-refractivity contribution in [1.29, 1.82) is 0 Å². The van der Waals surface area contributed by atoms with Gasteiger partial charge in [0.2, 0.25) is 5.91 Å². The Morgan fingerprint density at radius 1 is 1.23 bits per heavy atom. The fraction of sp³-hybridized carbons (Fsp3) is 0.750. The third-order valence-corrected chi connectivity index (χ3v) is 5.19. The summed E-state index contributed by atoms with van der Waals surface area (Å²) in [5, 5.41) is 4.06. The van der Waals surface area contributed by atoms with Gasteiger partial charge in [0.1, 0.15) is 5.76 Å². The molecule has 3 heterocycles. The molecule has 122 valence electrons.